The highest BCUT2D eigenvalue weighted by Gasteiger charge is 2.09. The second-order valence-corrected chi connectivity index (χ2v) is 7.05. The van der Waals surface area contributed by atoms with Gasteiger partial charge in [0.05, 0.1) is 10.7 Å². The van der Waals surface area contributed by atoms with Crippen molar-refractivity contribution in [2.75, 3.05) is 5.32 Å². The Balaban J connectivity index is 1.64. The van der Waals surface area contributed by atoms with Gasteiger partial charge in [0.2, 0.25) is 0 Å². The van der Waals surface area contributed by atoms with Gasteiger partial charge >= 0.3 is 0 Å². The zero-order chi connectivity index (χ0) is 19.2. The van der Waals surface area contributed by atoms with E-state index in [2.05, 4.69) is 31.3 Å². The summed E-state index contributed by atoms with van der Waals surface area (Å²) in [6.07, 6.45) is 0. The minimum atomic E-state index is -0.203. The Bertz CT molecular complexity index is 920. The first kappa shape index (κ1) is 19.0. The summed E-state index contributed by atoms with van der Waals surface area (Å²) in [5.74, 6) is 1.10. The lowest BCUT2D eigenvalue weighted by atomic mass is 10.0. The lowest BCUT2D eigenvalue weighted by molar-refractivity contribution is 0.102. The molecule has 0 spiro atoms. The highest BCUT2D eigenvalue weighted by atomic mass is 35.5. The second kappa shape index (κ2) is 8.74. The molecule has 0 saturated carbocycles. The number of halogens is 1. The van der Waals surface area contributed by atoms with E-state index in [1.54, 1.807) is 18.2 Å². The topological polar surface area (TPSA) is 38.3 Å². The Morgan fingerprint density at radius 3 is 2.44 bits per heavy atom. The SMILES string of the molecule is CC(C)c1ccc(OCc2cccc(C(=O)Nc3ccccc3Cl)c2)cc1. The van der Waals surface area contributed by atoms with Crippen molar-refractivity contribution in [2.45, 2.75) is 26.4 Å². The first-order valence-corrected chi connectivity index (χ1v) is 9.28. The van der Waals surface area contributed by atoms with Crippen LogP contribution >= 0.6 is 11.6 Å². The second-order valence-electron chi connectivity index (χ2n) is 6.65. The molecule has 1 N–H and O–H groups in total. The largest absolute Gasteiger partial charge is 0.489 e. The quantitative estimate of drug-likeness (QED) is 0.546. The van der Waals surface area contributed by atoms with Crippen LogP contribution < -0.4 is 10.1 Å². The molecule has 0 fully saturated rings. The fourth-order valence-corrected chi connectivity index (χ4v) is 2.86. The van der Waals surface area contributed by atoms with Crippen molar-refractivity contribution in [1.29, 1.82) is 0 Å². The average Bonchev–Trinajstić information content (AvgIpc) is 2.68. The molecule has 0 aliphatic carbocycles. The third kappa shape index (κ3) is 5.11. The van der Waals surface area contributed by atoms with Crippen molar-refractivity contribution in [2.24, 2.45) is 0 Å². The molecule has 3 aromatic rings. The van der Waals surface area contributed by atoms with E-state index >= 15 is 0 Å². The molecule has 1 amide bonds. The molecule has 27 heavy (non-hydrogen) atoms. The minimum Gasteiger partial charge on any atom is -0.489 e. The number of ether oxygens (including phenoxy) is 1. The van der Waals surface area contributed by atoms with Gasteiger partial charge < -0.3 is 10.1 Å². The molecule has 0 atom stereocenters. The number of benzene rings is 3. The number of carbonyl (C=O) groups excluding carboxylic acids is 1. The summed E-state index contributed by atoms with van der Waals surface area (Å²) >= 11 is 6.10. The van der Waals surface area contributed by atoms with Crippen molar-refractivity contribution < 1.29 is 9.53 Å². The third-order valence-electron chi connectivity index (χ3n) is 4.26. The lowest BCUT2D eigenvalue weighted by Gasteiger charge is -2.10. The van der Waals surface area contributed by atoms with Crippen LogP contribution in [-0.2, 0) is 6.61 Å². The van der Waals surface area contributed by atoms with Gasteiger partial charge in [-0.1, -0.05) is 61.8 Å². The summed E-state index contributed by atoms with van der Waals surface area (Å²) in [6, 6.07) is 22.7. The average molecular weight is 380 g/mol. The van der Waals surface area contributed by atoms with Crippen molar-refractivity contribution in [3.05, 3.63) is 94.5 Å². The zero-order valence-electron chi connectivity index (χ0n) is 15.4. The van der Waals surface area contributed by atoms with Crippen LogP contribution in [0.5, 0.6) is 5.75 Å². The van der Waals surface area contributed by atoms with Crippen LogP contribution in [0.4, 0.5) is 5.69 Å². The molecule has 0 radical (unpaired) electrons. The first-order valence-electron chi connectivity index (χ1n) is 8.90. The van der Waals surface area contributed by atoms with Crippen molar-refractivity contribution in [1.82, 2.24) is 0 Å². The lowest BCUT2D eigenvalue weighted by Crippen LogP contribution is -2.12. The number of para-hydroxylation sites is 1. The first-order chi connectivity index (χ1) is 13.0. The van der Waals surface area contributed by atoms with Crippen LogP contribution in [0.2, 0.25) is 5.02 Å². The van der Waals surface area contributed by atoms with E-state index in [9.17, 15) is 4.79 Å². The van der Waals surface area contributed by atoms with Crippen LogP contribution in [0.15, 0.2) is 72.8 Å². The fraction of sp³-hybridized carbons (Fsp3) is 0.174. The standard InChI is InChI=1S/C23H22ClNO2/c1-16(2)18-10-12-20(13-11-18)27-15-17-6-5-7-19(14-17)23(26)25-22-9-4-3-8-21(22)24/h3-14,16H,15H2,1-2H3,(H,25,26). The van der Waals surface area contributed by atoms with Crippen LogP contribution in [0, 0.1) is 0 Å². The Kier molecular flexibility index (Phi) is 6.15. The van der Waals surface area contributed by atoms with E-state index < -0.39 is 0 Å². The van der Waals surface area contributed by atoms with Gasteiger partial charge in [-0.05, 0) is 53.4 Å². The molecule has 4 heteroatoms. The molecule has 3 rings (SSSR count). The zero-order valence-corrected chi connectivity index (χ0v) is 16.2. The summed E-state index contributed by atoms with van der Waals surface area (Å²) in [4.78, 5) is 12.5. The Labute approximate surface area is 164 Å². The number of anilines is 1. The van der Waals surface area contributed by atoms with Gasteiger partial charge in [0, 0.05) is 5.56 Å². The van der Waals surface area contributed by atoms with E-state index in [4.69, 9.17) is 16.3 Å². The van der Waals surface area contributed by atoms with E-state index in [0.717, 1.165) is 11.3 Å². The molecule has 0 heterocycles. The molecular weight excluding hydrogens is 358 g/mol. The molecule has 0 aliphatic heterocycles. The maximum absolute atomic E-state index is 12.5. The Hall–Kier alpha value is -2.78. The fourth-order valence-electron chi connectivity index (χ4n) is 2.68. The molecule has 0 aromatic heterocycles. The maximum Gasteiger partial charge on any atom is 0.255 e. The molecule has 3 nitrogen and oxygen atoms in total. The third-order valence-corrected chi connectivity index (χ3v) is 4.59. The molecule has 0 unspecified atom stereocenters. The summed E-state index contributed by atoms with van der Waals surface area (Å²) in [5, 5.41) is 3.34. The van der Waals surface area contributed by atoms with Gasteiger partial charge in [-0.15, -0.1) is 0 Å². The molecule has 0 saturated heterocycles. The predicted octanol–water partition coefficient (Wildman–Crippen LogP) is 6.29. The Morgan fingerprint density at radius 2 is 1.74 bits per heavy atom. The molecular formula is C23H22ClNO2. The van der Waals surface area contributed by atoms with Crippen molar-refractivity contribution >= 4 is 23.2 Å². The van der Waals surface area contributed by atoms with Gasteiger partial charge in [0.1, 0.15) is 12.4 Å². The number of rotatable bonds is 6. The van der Waals surface area contributed by atoms with Crippen LogP contribution in [0.1, 0.15) is 41.3 Å². The molecule has 3 aromatic carbocycles. The van der Waals surface area contributed by atoms with Crippen LogP contribution in [0.3, 0.4) is 0 Å². The normalized spacial score (nSPS) is 10.7. The van der Waals surface area contributed by atoms with Gasteiger partial charge in [0.25, 0.3) is 5.91 Å². The van der Waals surface area contributed by atoms with Gasteiger partial charge in [-0.25, -0.2) is 0 Å². The van der Waals surface area contributed by atoms with Gasteiger partial charge in [-0.3, -0.25) is 4.79 Å². The summed E-state index contributed by atoms with van der Waals surface area (Å²) in [5.41, 5.74) is 3.36. The number of nitrogens with one attached hydrogen (secondary N) is 1. The minimum absolute atomic E-state index is 0.203. The monoisotopic (exact) mass is 379 g/mol. The maximum atomic E-state index is 12.5. The molecule has 0 aliphatic rings. The summed E-state index contributed by atoms with van der Waals surface area (Å²) in [6.45, 7) is 4.72. The number of hydrogen-bond acceptors (Lipinski definition) is 2. The molecule has 0 bridgehead atoms. The van der Waals surface area contributed by atoms with E-state index in [-0.39, 0.29) is 5.91 Å². The highest BCUT2D eigenvalue weighted by molar-refractivity contribution is 6.33. The summed E-state index contributed by atoms with van der Waals surface area (Å²) in [7, 11) is 0. The van der Waals surface area contributed by atoms with Gasteiger partial charge in [-0.2, -0.15) is 0 Å². The molecule has 138 valence electrons. The number of carbonyl (C=O) groups is 1. The van der Waals surface area contributed by atoms with E-state index in [1.165, 1.54) is 5.56 Å². The van der Waals surface area contributed by atoms with Crippen LogP contribution in [-0.4, -0.2) is 5.91 Å². The van der Waals surface area contributed by atoms with Crippen LogP contribution in [0.25, 0.3) is 0 Å². The predicted molar refractivity (Wildman–Crippen MR) is 111 cm³/mol. The van der Waals surface area contributed by atoms with E-state index in [1.807, 2.05) is 42.5 Å². The number of hydrogen-bond donors (Lipinski definition) is 1. The number of amides is 1. The van der Waals surface area contributed by atoms with Crippen molar-refractivity contribution in [3.8, 4) is 5.75 Å². The van der Waals surface area contributed by atoms with E-state index in [0.29, 0.717) is 28.8 Å². The van der Waals surface area contributed by atoms with Crippen molar-refractivity contribution in [3.63, 3.8) is 0 Å². The highest BCUT2D eigenvalue weighted by Crippen LogP contribution is 2.22. The smallest absolute Gasteiger partial charge is 0.255 e. The Morgan fingerprint density at radius 1 is 1.00 bits per heavy atom. The summed E-state index contributed by atoms with van der Waals surface area (Å²) < 4.78 is 5.85. The van der Waals surface area contributed by atoms with Gasteiger partial charge in [0.15, 0.2) is 0 Å².